The third-order valence-corrected chi connectivity index (χ3v) is 5.45. The van der Waals surface area contributed by atoms with Crippen molar-refractivity contribution in [2.75, 3.05) is 13.1 Å². The number of urea groups is 1. The molecule has 0 saturated carbocycles. The van der Waals surface area contributed by atoms with Gasteiger partial charge in [-0.25, -0.2) is 4.79 Å². The first-order valence-corrected chi connectivity index (χ1v) is 10.5. The fraction of sp³-hybridized carbons (Fsp3) is 0.375. The second kappa shape index (κ2) is 9.57. The lowest BCUT2D eigenvalue weighted by molar-refractivity contribution is -0.134. The first-order valence-electron chi connectivity index (χ1n) is 10.5. The molecule has 2 N–H and O–H groups in total. The maximum absolute atomic E-state index is 13.0. The molecule has 1 unspecified atom stereocenters. The van der Waals surface area contributed by atoms with Crippen LogP contribution in [0.25, 0.3) is 0 Å². The summed E-state index contributed by atoms with van der Waals surface area (Å²) in [5, 5.41) is 5.55. The number of aryl methyl sites for hydroxylation is 2. The largest absolute Gasteiger partial charge is 0.355 e. The number of hydrogen-bond donors (Lipinski definition) is 2. The molecule has 1 aliphatic rings. The first kappa shape index (κ1) is 21.6. The minimum Gasteiger partial charge on any atom is -0.355 e. The Hall–Kier alpha value is -3.15. The summed E-state index contributed by atoms with van der Waals surface area (Å²) in [7, 11) is 0. The standard InChI is InChI=1S/C24H29N3O3/c1-3-8-18-12-14-20(15-13-18)24(2)22(29)27(23(30)26-24)17-21(28)25-16-7-11-19-9-5-4-6-10-19/h4-6,9-10,12-15H,3,7-8,11,16-17H2,1-2H3,(H,25,28)(H,26,30). The molecular weight excluding hydrogens is 378 g/mol. The molecule has 1 saturated heterocycles. The summed E-state index contributed by atoms with van der Waals surface area (Å²) in [6.07, 6.45) is 3.66. The molecule has 158 valence electrons. The van der Waals surface area contributed by atoms with Gasteiger partial charge < -0.3 is 10.6 Å². The number of carbonyl (C=O) groups excluding carboxylic acids is 3. The van der Waals surface area contributed by atoms with Crippen LogP contribution < -0.4 is 10.6 Å². The van der Waals surface area contributed by atoms with E-state index in [1.54, 1.807) is 6.92 Å². The molecule has 0 aliphatic carbocycles. The van der Waals surface area contributed by atoms with Crippen LogP contribution in [0, 0.1) is 0 Å². The summed E-state index contributed by atoms with van der Waals surface area (Å²) in [6, 6.07) is 17.2. The number of carbonyl (C=O) groups is 3. The molecule has 2 aromatic rings. The number of hydrogen-bond acceptors (Lipinski definition) is 3. The molecule has 0 spiro atoms. The van der Waals surface area contributed by atoms with Crippen LogP contribution in [0.15, 0.2) is 54.6 Å². The van der Waals surface area contributed by atoms with Crippen molar-refractivity contribution < 1.29 is 14.4 Å². The van der Waals surface area contributed by atoms with Crippen molar-refractivity contribution in [1.29, 1.82) is 0 Å². The smallest absolute Gasteiger partial charge is 0.325 e. The molecular formula is C24H29N3O3. The Balaban J connectivity index is 1.54. The van der Waals surface area contributed by atoms with Crippen molar-refractivity contribution in [2.24, 2.45) is 0 Å². The highest BCUT2D eigenvalue weighted by Crippen LogP contribution is 2.29. The Kier molecular flexibility index (Phi) is 6.87. The van der Waals surface area contributed by atoms with E-state index in [0.717, 1.165) is 30.6 Å². The molecule has 6 heteroatoms. The summed E-state index contributed by atoms with van der Waals surface area (Å²) >= 11 is 0. The van der Waals surface area contributed by atoms with Crippen LogP contribution in [-0.2, 0) is 28.0 Å². The third-order valence-electron chi connectivity index (χ3n) is 5.45. The van der Waals surface area contributed by atoms with Gasteiger partial charge in [-0.3, -0.25) is 14.5 Å². The van der Waals surface area contributed by atoms with Crippen LogP contribution in [-0.4, -0.2) is 35.8 Å². The van der Waals surface area contributed by atoms with Gasteiger partial charge in [0.2, 0.25) is 5.91 Å². The molecule has 6 nitrogen and oxygen atoms in total. The summed E-state index contributed by atoms with van der Waals surface area (Å²) in [5.74, 6) is -0.746. The van der Waals surface area contributed by atoms with Crippen molar-refractivity contribution in [3.63, 3.8) is 0 Å². The van der Waals surface area contributed by atoms with Gasteiger partial charge in [-0.15, -0.1) is 0 Å². The summed E-state index contributed by atoms with van der Waals surface area (Å²) < 4.78 is 0. The van der Waals surface area contributed by atoms with E-state index in [0.29, 0.717) is 12.1 Å². The van der Waals surface area contributed by atoms with Gasteiger partial charge in [0.1, 0.15) is 12.1 Å². The number of imide groups is 1. The predicted molar refractivity (Wildman–Crippen MR) is 116 cm³/mol. The van der Waals surface area contributed by atoms with Gasteiger partial charge in [0, 0.05) is 6.54 Å². The number of nitrogens with one attached hydrogen (secondary N) is 2. The zero-order valence-corrected chi connectivity index (χ0v) is 17.6. The van der Waals surface area contributed by atoms with Gasteiger partial charge in [-0.05, 0) is 42.9 Å². The van der Waals surface area contributed by atoms with Crippen LogP contribution in [0.2, 0.25) is 0 Å². The minimum atomic E-state index is -1.16. The van der Waals surface area contributed by atoms with E-state index in [4.69, 9.17) is 0 Å². The molecule has 1 heterocycles. The van der Waals surface area contributed by atoms with Gasteiger partial charge in [0.15, 0.2) is 0 Å². The van der Waals surface area contributed by atoms with Crippen LogP contribution >= 0.6 is 0 Å². The molecule has 2 aromatic carbocycles. The lowest BCUT2D eigenvalue weighted by Gasteiger charge is -2.22. The van der Waals surface area contributed by atoms with Gasteiger partial charge in [-0.2, -0.15) is 0 Å². The second-order valence-corrected chi connectivity index (χ2v) is 7.83. The van der Waals surface area contributed by atoms with Crippen LogP contribution in [0.1, 0.15) is 43.4 Å². The van der Waals surface area contributed by atoms with E-state index in [1.807, 2.05) is 54.6 Å². The molecule has 1 fully saturated rings. The van der Waals surface area contributed by atoms with E-state index < -0.39 is 17.5 Å². The summed E-state index contributed by atoms with van der Waals surface area (Å²) in [6.45, 7) is 4.01. The summed E-state index contributed by atoms with van der Waals surface area (Å²) in [5.41, 5.74) is 1.96. The normalized spacial score (nSPS) is 18.4. The molecule has 1 aliphatic heterocycles. The van der Waals surface area contributed by atoms with E-state index in [-0.39, 0.29) is 12.5 Å². The predicted octanol–water partition coefficient (Wildman–Crippen LogP) is 3.16. The van der Waals surface area contributed by atoms with Crippen molar-refractivity contribution in [3.05, 3.63) is 71.3 Å². The fourth-order valence-electron chi connectivity index (χ4n) is 3.69. The molecule has 30 heavy (non-hydrogen) atoms. The fourth-order valence-corrected chi connectivity index (χ4v) is 3.69. The highest BCUT2D eigenvalue weighted by Gasteiger charge is 2.49. The Bertz CT molecular complexity index is 896. The van der Waals surface area contributed by atoms with Crippen molar-refractivity contribution >= 4 is 17.8 Å². The number of nitrogens with zero attached hydrogens (tertiary/aromatic N) is 1. The van der Waals surface area contributed by atoms with Crippen molar-refractivity contribution in [1.82, 2.24) is 15.5 Å². The molecule has 1 atom stereocenters. The molecule has 0 radical (unpaired) electrons. The Labute approximate surface area is 177 Å². The monoisotopic (exact) mass is 407 g/mol. The Morgan fingerprint density at radius 2 is 1.67 bits per heavy atom. The van der Waals surface area contributed by atoms with Crippen LogP contribution in [0.4, 0.5) is 4.79 Å². The van der Waals surface area contributed by atoms with Gasteiger partial charge >= 0.3 is 6.03 Å². The Morgan fingerprint density at radius 3 is 2.33 bits per heavy atom. The molecule has 3 rings (SSSR count). The minimum absolute atomic E-state index is 0.278. The van der Waals surface area contributed by atoms with Crippen LogP contribution in [0.5, 0.6) is 0 Å². The van der Waals surface area contributed by atoms with Crippen LogP contribution in [0.3, 0.4) is 0 Å². The third kappa shape index (κ3) is 4.87. The van der Waals surface area contributed by atoms with E-state index in [2.05, 4.69) is 17.6 Å². The van der Waals surface area contributed by atoms with E-state index in [9.17, 15) is 14.4 Å². The van der Waals surface area contributed by atoms with Gasteiger partial charge in [-0.1, -0.05) is 67.9 Å². The summed E-state index contributed by atoms with van der Waals surface area (Å²) in [4.78, 5) is 38.6. The quantitative estimate of drug-likeness (QED) is 0.495. The topological polar surface area (TPSA) is 78.5 Å². The second-order valence-electron chi connectivity index (χ2n) is 7.83. The van der Waals surface area contributed by atoms with Crippen molar-refractivity contribution in [3.8, 4) is 0 Å². The zero-order chi connectivity index (χ0) is 21.6. The first-order chi connectivity index (χ1) is 14.4. The maximum atomic E-state index is 13.0. The number of benzene rings is 2. The van der Waals surface area contributed by atoms with Gasteiger partial charge in [0.25, 0.3) is 5.91 Å². The SMILES string of the molecule is CCCc1ccc(C2(C)NC(=O)N(CC(=O)NCCCc3ccccc3)C2=O)cc1. The van der Waals surface area contributed by atoms with Gasteiger partial charge in [0.05, 0.1) is 0 Å². The highest BCUT2D eigenvalue weighted by molar-refractivity contribution is 6.09. The van der Waals surface area contributed by atoms with E-state index in [1.165, 1.54) is 11.1 Å². The molecule has 4 amide bonds. The zero-order valence-electron chi connectivity index (χ0n) is 17.6. The molecule has 0 aromatic heterocycles. The Morgan fingerprint density at radius 1 is 1.00 bits per heavy atom. The lowest BCUT2D eigenvalue weighted by atomic mass is 9.91. The average Bonchev–Trinajstić information content (AvgIpc) is 2.96. The average molecular weight is 408 g/mol. The van der Waals surface area contributed by atoms with E-state index >= 15 is 0 Å². The molecule has 0 bridgehead atoms. The lowest BCUT2D eigenvalue weighted by Crippen LogP contribution is -2.43. The highest BCUT2D eigenvalue weighted by atomic mass is 16.2. The maximum Gasteiger partial charge on any atom is 0.325 e. The number of amides is 4. The van der Waals surface area contributed by atoms with Crippen molar-refractivity contribution in [2.45, 2.75) is 45.1 Å². The number of rotatable bonds is 9.